The van der Waals surface area contributed by atoms with Gasteiger partial charge in [0, 0.05) is 10.6 Å². The maximum atomic E-state index is 6.10. The van der Waals surface area contributed by atoms with Gasteiger partial charge in [0.05, 0.1) is 17.5 Å². The number of aromatic amines is 1. The molecule has 3 rings (SSSR count). The monoisotopic (exact) mass is 338 g/mol. The highest BCUT2D eigenvalue weighted by Crippen LogP contribution is 2.20. The second kappa shape index (κ2) is 5.85. The van der Waals surface area contributed by atoms with Crippen LogP contribution in [-0.4, -0.2) is 21.1 Å². The van der Waals surface area contributed by atoms with Gasteiger partial charge in [-0.05, 0) is 36.5 Å². The maximum Gasteiger partial charge on any atom is 0.219 e. The molecule has 2 aromatic heterocycles. The van der Waals surface area contributed by atoms with E-state index >= 15 is 0 Å². The first-order chi connectivity index (χ1) is 10.1. The average molecular weight is 339 g/mol. The quantitative estimate of drug-likeness (QED) is 0.569. The summed E-state index contributed by atoms with van der Waals surface area (Å²) in [4.78, 5) is 0. The van der Waals surface area contributed by atoms with Crippen molar-refractivity contribution in [1.82, 2.24) is 14.9 Å². The summed E-state index contributed by atoms with van der Waals surface area (Å²) in [5, 5.41) is 12.1. The number of nitrogens with one attached hydrogen (secondary N) is 1. The first-order valence-electron chi connectivity index (χ1n) is 5.86. The third kappa shape index (κ3) is 2.92. The number of rotatable bonds is 3. The summed E-state index contributed by atoms with van der Waals surface area (Å²) >= 11 is 17.1. The third-order valence-corrected chi connectivity index (χ3v) is 3.49. The van der Waals surface area contributed by atoms with E-state index in [-0.39, 0.29) is 0 Å². The van der Waals surface area contributed by atoms with Crippen molar-refractivity contribution in [2.75, 3.05) is 0 Å². The van der Waals surface area contributed by atoms with Gasteiger partial charge >= 0.3 is 0 Å². The van der Waals surface area contributed by atoms with Crippen LogP contribution in [0.5, 0.6) is 0 Å². The molecule has 0 amide bonds. The van der Waals surface area contributed by atoms with Crippen molar-refractivity contribution in [2.24, 2.45) is 5.10 Å². The van der Waals surface area contributed by atoms with Crippen LogP contribution in [0.25, 0.3) is 11.6 Å². The van der Waals surface area contributed by atoms with Gasteiger partial charge in [0.25, 0.3) is 0 Å². The second-order valence-corrected chi connectivity index (χ2v) is 5.28. The van der Waals surface area contributed by atoms with Gasteiger partial charge in [0.1, 0.15) is 0 Å². The van der Waals surface area contributed by atoms with Gasteiger partial charge in [0.15, 0.2) is 5.76 Å². The van der Waals surface area contributed by atoms with Crippen molar-refractivity contribution in [3.63, 3.8) is 0 Å². The molecule has 0 atom stereocenters. The molecular weight excluding hydrogens is 331 g/mol. The Morgan fingerprint density at radius 3 is 2.90 bits per heavy atom. The van der Waals surface area contributed by atoms with Crippen LogP contribution in [0.4, 0.5) is 0 Å². The summed E-state index contributed by atoms with van der Waals surface area (Å²) in [7, 11) is 0. The SMILES string of the molecule is S=c1[nH]nc(-c2ccco2)n1N=Cc1ccc(Cl)cc1Cl. The fourth-order valence-electron chi connectivity index (χ4n) is 1.69. The van der Waals surface area contributed by atoms with Crippen LogP contribution in [0.2, 0.25) is 10.0 Å². The molecule has 0 unspecified atom stereocenters. The zero-order valence-corrected chi connectivity index (χ0v) is 12.8. The van der Waals surface area contributed by atoms with E-state index in [0.717, 1.165) is 5.56 Å². The first-order valence-corrected chi connectivity index (χ1v) is 7.02. The van der Waals surface area contributed by atoms with Gasteiger partial charge in [-0.3, -0.25) is 0 Å². The van der Waals surface area contributed by atoms with Crippen molar-refractivity contribution >= 4 is 41.6 Å². The van der Waals surface area contributed by atoms with E-state index in [1.54, 1.807) is 42.8 Å². The molecular formula is C13H8Cl2N4OS. The van der Waals surface area contributed by atoms with E-state index in [2.05, 4.69) is 15.3 Å². The summed E-state index contributed by atoms with van der Waals surface area (Å²) < 4.78 is 7.11. The molecule has 0 aliphatic heterocycles. The van der Waals surface area contributed by atoms with Gasteiger partial charge in [-0.1, -0.05) is 29.3 Å². The van der Waals surface area contributed by atoms with E-state index in [9.17, 15) is 0 Å². The Morgan fingerprint density at radius 1 is 1.33 bits per heavy atom. The number of aromatic nitrogens is 3. The van der Waals surface area contributed by atoms with Crippen LogP contribution in [0.1, 0.15) is 5.56 Å². The van der Waals surface area contributed by atoms with Crippen molar-refractivity contribution in [3.05, 3.63) is 57.0 Å². The number of furan rings is 1. The highest BCUT2D eigenvalue weighted by molar-refractivity contribution is 7.71. The highest BCUT2D eigenvalue weighted by atomic mass is 35.5. The zero-order valence-electron chi connectivity index (χ0n) is 10.5. The maximum absolute atomic E-state index is 6.10. The van der Waals surface area contributed by atoms with Crippen molar-refractivity contribution in [2.45, 2.75) is 0 Å². The molecule has 2 heterocycles. The van der Waals surface area contributed by atoms with Crippen LogP contribution < -0.4 is 0 Å². The smallest absolute Gasteiger partial charge is 0.219 e. The Balaban J connectivity index is 2.00. The molecule has 0 spiro atoms. The van der Waals surface area contributed by atoms with E-state index < -0.39 is 0 Å². The topological polar surface area (TPSA) is 59.1 Å². The highest BCUT2D eigenvalue weighted by Gasteiger charge is 2.10. The number of nitrogens with zero attached hydrogens (tertiary/aromatic N) is 3. The first kappa shape index (κ1) is 14.1. The van der Waals surface area contributed by atoms with Crippen LogP contribution in [-0.2, 0) is 0 Å². The fraction of sp³-hybridized carbons (Fsp3) is 0. The number of hydrogen-bond donors (Lipinski definition) is 1. The van der Waals surface area contributed by atoms with Gasteiger partial charge in [0.2, 0.25) is 10.6 Å². The molecule has 3 aromatic rings. The lowest BCUT2D eigenvalue weighted by Gasteiger charge is -2.00. The minimum absolute atomic E-state index is 0.350. The minimum Gasteiger partial charge on any atom is -0.461 e. The van der Waals surface area contributed by atoms with Crippen LogP contribution >= 0.6 is 35.4 Å². The molecule has 0 saturated carbocycles. The van der Waals surface area contributed by atoms with Crippen LogP contribution in [0, 0.1) is 4.77 Å². The molecule has 106 valence electrons. The summed E-state index contributed by atoms with van der Waals surface area (Å²) in [5.41, 5.74) is 0.717. The van der Waals surface area contributed by atoms with Crippen molar-refractivity contribution in [1.29, 1.82) is 0 Å². The fourth-order valence-corrected chi connectivity index (χ4v) is 2.33. The third-order valence-electron chi connectivity index (χ3n) is 2.67. The molecule has 0 saturated heterocycles. The second-order valence-electron chi connectivity index (χ2n) is 4.05. The predicted molar refractivity (Wildman–Crippen MR) is 84.6 cm³/mol. The van der Waals surface area contributed by atoms with E-state index in [0.29, 0.717) is 26.4 Å². The van der Waals surface area contributed by atoms with Crippen LogP contribution in [0.15, 0.2) is 46.1 Å². The van der Waals surface area contributed by atoms with Gasteiger partial charge in [-0.25, -0.2) is 5.10 Å². The summed E-state index contributed by atoms with van der Waals surface area (Å²) in [6, 6.07) is 8.68. The molecule has 21 heavy (non-hydrogen) atoms. The average Bonchev–Trinajstić information content (AvgIpc) is 3.08. The summed E-state index contributed by atoms with van der Waals surface area (Å²) in [5.74, 6) is 1.04. The van der Waals surface area contributed by atoms with E-state index in [4.69, 9.17) is 39.8 Å². The molecule has 8 heteroatoms. The summed E-state index contributed by atoms with van der Waals surface area (Å²) in [6.45, 7) is 0. The van der Waals surface area contributed by atoms with Crippen molar-refractivity contribution in [3.8, 4) is 11.6 Å². The predicted octanol–water partition coefficient (Wildman–Crippen LogP) is 4.39. The number of hydrogen-bond acceptors (Lipinski definition) is 4. The Kier molecular flexibility index (Phi) is 3.92. The molecule has 1 N–H and O–H groups in total. The molecule has 0 aliphatic carbocycles. The molecule has 5 nitrogen and oxygen atoms in total. The Hall–Kier alpha value is -1.89. The Morgan fingerprint density at radius 2 is 2.19 bits per heavy atom. The number of benzene rings is 1. The van der Waals surface area contributed by atoms with Gasteiger partial charge in [-0.15, -0.1) is 5.10 Å². The normalized spacial score (nSPS) is 11.3. The Labute approximate surface area is 134 Å². The molecule has 0 bridgehead atoms. The number of H-pyrrole nitrogens is 1. The largest absolute Gasteiger partial charge is 0.461 e. The lowest BCUT2D eigenvalue weighted by atomic mass is 10.2. The molecule has 0 aliphatic rings. The van der Waals surface area contributed by atoms with Crippen LogP contribution in [0.3, 0.4) is 0 Å². The number of halogens is 2. The van der Waals surface area contributed by atoms with E-state index in [1.807, 2.05) is 0 Å². The zero-order chi connectivity index (χ0) is 14.8. The lowest BCUT2D eigenvalue weighted by Crippen LogP contribution is -1.94. The summed E-state index contributed by atoms with van der Waals surface area (Å²) in [6.07, 6.45) is 3.13. The molecule has 1 aromatic carbocycles. The van der Waals surface area contributed by atoms with Crippen molar-refractivity contribution < 1.29 is 4.42 Å². The Bertz CT molecular complexity index is 851. The van der Waals surface area contributed by atoms with E-state index in [1.165, 1.54) is 4.68 Å². The van der Waals surface area contributed by atoms with Gasteiger partial charge in [-0.2, -0.15) is 9.78 Å². The lowest BCUT2D eigenvalue weighted by molar-refractivity contribution is 0.573. The minimum atomic E-state index is 0.350. The standard InChI is InChI=1S/C13H8Cl2N4OS/c14-9-4-3-8(10(15)6-9)7-16-19-12(17-18-13(19)21)11-2-1-5-20-11/h1-7H,(H,18,21). The molecule has 0 fully saturated rings. The van der Waals surface area contributed by atoms with Gasteiger partial charge < -0.3 is 4.42 Å². The molecule has 0 radical (unpaired) electrons.